The van der Waals surface area contributed by atoms with Gasteiger partial charge in [0.15, 0.2) is 11.6 Å². The normalized spacial score (nSPS) is 15.9. The quantitative estimate of drug-likeness (QED) is 0.786. The van der Waals surface area contributed by atoms with Crippen LogP contribution in [0.3, 0.4) is 0 Å². The van der Waals surface area contributed by atoms with Gasteiger partial charge in [0, 0.05) is 24.0 Å². The summed E-state index contributed by atoms with van der Waals surface area (Å²) in [6, 6.07) is 1.87. The molecule has 4 nitrogen and oxygen atoms in total. The van der Waals surface area contributed by atoms with E-state index in [2.05, 4.69) is 19.9 Å². The van der Waals surface area contributed by atoms with Crippen LogP contribution in [-0.4, -0.2) is 19.9 Å². The van der Waals surface area contributed by atoms with Crippen LogP contribution in [0.5, 0.6) is 0 Å². The zero-order chi connectivity index (χ0) is 13.2. The third-order valence-electron chi connectivity index (χ3n) is 3.47. The van der Waals surface area contributed by atoms with Crippen LogP contribution in [0.1, 0.15) is 42.9 Å². The average Bonchev–Trinajstić information content (AvgIpc) is 2.93. The number of nitrogens with zero attached hydrogens (tertiary/aromatic N) is 4. The fourth-order valence-corrected chi connectivity index (χ4v) is 2.67. The maximum absolute atomic E-state index is 6.10. The molecule has 1 aliphatic carbocycles. The van der Waals surface area contributed by atoms with Crippen LogP contribution in [0.4, 0.5) is 0 Å². The summed E-state index contributed by atoms with van der Waals surface area (Å²) in [5.41, 5.74) is 2.04. The third kappa shape index (κ3) is 2.73. The van der Waals surface area contributed by atoms with Gasteiger partial charge < -0.3 is 0 Å². The third-order valence-corrected chi connectivity index (χ3v) is 3.66. The van der Waals surface area contributed by atoms with Crippen molar-refractivity contribution in [1.29, 1.82) is 0 Å². The molecule has 0 radical (unpaired) electrons. The summed E-state index contributed by atoms with van der Waals surface area (Å²) in [5, 5.41) is 0.469. The molecule has 2 heterocycles. The molecule has 0 bridgehead atoms. The molecule has 19 heavy (non-hydrogen) atoms. The lowest BCUT2D eigenvalue weighted by atomic mass is 10.0. The van der Waals surface area contributed by atoms with Crippen LogP contribution in [0, 0.1) is 6.92 Å². The molecule has 5 heteroatoms. The van der Waals surface area contributed by atoms with Gasteiger partial charge in [0.2, 0.25) is 0 Å². The van der Waals surface area contributed by atoms with Crippen molar-refractivity contribution in [2.24, 2.45) is 0 Å². The van der Waals surface area contributed by atoms with Crippen molar-refractivity contribution in [2.75, 3.05) is 0 Å². The number of halogens is 1. The van der Waals surface area contributed by atoms with E-state index in [0.29, 0.717) is 22.7 Å². The van der Waals surface area contributed by atoms with Crippen LogP contribution in [-0.2, 0) is 0 Å². The van der Waals surface area contributed by atoms with Gasteiger partial charge in [-0.3, -0.25) is 0 Å². The summed E-state index contributed by atoms with van der Waals surface area (Å²) in [6.07, 6.45) is 8.43. The van der Waals surface area contributed by atoms with Crippen molar-refractivity contribution in [3.8, 4) is 11.6 Å². The van der Waals surface area contributed by atoms with E-state index in [1.807, 2.05) is 13.0 Å². The van der Waals surface area contributed by atoms with Crippen molar-refractivity contribution < 1.29 is 0 Å². The van der Waals surface area contributed by atoms with Crippen molar-refractivity contribution >= 4 is 11.6 Å². The first-order chi connectivity index (χ1) is 9.22. The first-order valence-electron chi connectivity index (χ1n) is 6.56. The van der Waals surface area contributed by atoms with Crippen LogP contribution < -0.4 is 0 Å². The molecule has 2 aromatic rings. The zero-order valence-electron chi connectivity index (χ0n) is 10.8. The minimum absolute atomic E-state index is 0.469. The smallest absolute Gasteiger partial charge is 0.199 e. The minimum Gasteiger partial charge on any atom is -0.234 e. The van der Waals surface area contributed by atoms with Crippen LogP contribution >= 0.6 is 11.6 Å². The lowest BCUT2D eigenvalue weighted by Crippen LogP contribution is -2.02. The maximum Gasteiger partial charge on any atom is 0.199 e. The van der Waals surface area contributed by atoms with E-state index in [9.17, 15) is 0 Å². The molecule has 0 aromatic carbocycles. The fraction of sp³-hybridized carbons (Fsp3) is 0.429. The highest BCUT2D eigenvalue weighted by atomic mass is 35.5. The fourth-order valence-electron chi connectivity index (χ4n) is 2.47. The van der Waals surface area contributed by atoms with E-state index >= 15 is 0 Å². The first kappa shape index (κ1) is 12.5. The summed E-state index contributed by atoms with van der Waals surface area (Å²) >= 11 is 6.10. The van der Waals surface area contributed by atoms with E-state index in [1.54, 1.807) is 12.4 Å². The molecule has 0 atom stereocenters. The molecular formula is C14H15ClN4. The second-order valence-electron chi connectivity index (χ2n) is 5.00. The lowest BCUT2D eigenvalue weighted by Gasteiger charge is -2.09. The minimum atomic E-state index is 0.469. The van der Waals surface area contributed by atoms with E-state index in [-0.39, 0.29) is 0 Å². The summed E-state index contributed by atoms with van der Waals surface area (Å²) in [5.74, 6) is 1.56. The molecule has 1 aliphatic rings. The van der Waals surface area contributed by atoms with Gasteiger partial charge in [-0.15, -0.1) is 0 Å². The van der Waals surface area contributed by atoms with Gasteiger partial charge in [-0.05, 0) is 31.4 Å². The van der Waals surface area contributed by atoms with Gasteiger partial charge in [0.25, 0.3) is 0 Å². The second-order valence-corrected chi connectivity index (χ2v) is 5.39. The highest BCUT2D eigenvalue weighted by Gasteiger charge is 2.20. The van der Waals surface area contributed by atoms with Gasteiger partial charge in [-0.25, -0.2) is 19.9 Å². The highest BCUT2D eigenvalue weighted by Crippen LogP contribution is 2.34. The van der Waals surface area contributed by atoms with Crippen LogP contribution in [0.15, 0.2) is 18.5 Å². The Kier molecular flexibility index (Phi) is 3.42. The zero-order valence-corrected chi connectivity index (χ0v) is 11.6. The molecule has 0 amide bonds. The Morgan fingerprint density at radius 3 is 2.42 bits per heavy atom. The number of aryl methyl sites for hydroxylation is 1. The Bertz CT molecular complexity index is 576. The second kappa shape index (κ2) is 5.21. The predicted octanol–water partition coefficient (Wildman–Crippen LogP) is 3.55. The standard InChI is InChI=1S/C14H15ClN4/c1-9-7-16-13(17-8-9)14-18-11(6-12(15)19-14)10-4-2-3-5-10/h6-8,10H,2-5H2,1H3. The predicted molar refractivity (Wildman–Crippen MR) is 74.0 cm³/mol. The average molecular weight is 275 g/mol. The molecule has 0 N–H and O–H groups in total. The van der Waals surface area contributed by atoms with Crippen LogP contribution in [0.25, 0.3) is 11.6 Å². The van der Waals surface area contributed by atoms with Crippen molar-refractivity contribution in [3.05, 3.63) is 34.9 Å². The van der Waals surface area contributed by atoms with Gasteiger partial charge in [-0.1, -0.05) is 24.4 Å². The largest absolute Gasteiger partial charge is 0.234 e. The molecule has 1 saturated carbocycles. The Hall–Kier alpha value is -1.55. The SMILES string of the molecule is Cc1cnc(-c2nc(Cl)cc(C3CCCC3)n2)nc1. The number of rotatable bonds is 2. The Morgan fingerprint density at radius 1 is 1.05 bits per heavy atom. The molecule has 0 spiro atoms. The molecule has 3 rings (SSSR count). The van der Waals surface area contributed by atoms with E-state index < -0.39 is 0 Å². The molecule has 0 saturated heterocycles. The molecular weight excluding hydrogens is 260 g/mol. The molecule has 2 aromatic heterocycles. The molecule has 0 unspecified atom stereocenters. The monoisotopic (exact) mass is 274 g/mol. The van der Waals surface area contributed by atoms with Crippen LogP contribution in [0.2, 0.25) is 5.15 Å². The molecule has 98 valence electrons. The number of hydrogen-bond donors (Lipinski definition) is 0. The van der Waals surface area contributed by atoms with E-state index in [0.717, 1.165) is 11.3 Å². The number of aromatic nitrogens is 4. The van der Waals surface area contributed by atoms with Crippen molar-refractivity contribution in [2.45, 2.75) is 38.5 Å². The Morgan fingerprint density at radius 2 is 1.74 bits per heavy atom. The van der Waals surface area contributed by atoms with Crippen molar-refractivity contribution in [1.82, 2.24) is 19.9 Å². The Labute approximate surface area is 117 Å². The highest BCUT2D eigenvalue weighted by molar-refractivity contribution is 6.29. The van der Waals surface area contributed by atoms with Gasteiger partial charge in [-0.2, -0.15) is 0 Å². The summed E-state index contributed by atoms with van der Waals surface area (Å²) in [7, 11) is 0. The maximum atomic E-state index is 6.10. The molecule has 1 fully saturated rings. The Balaban J connectivity index is 1.99. The van der Waals surface area contributed by atoms with Gasteiger partial charge in [0.05, 0.1) is 0 Å². The number of hydrogen-bond acceptors (Lipinski definition) is 4. The summed E-state index contributed by atoms with van der Waals surface area (Å²) in [4.78, 5) is 17.4. The molecule has 0 aliphatic heterocycles. The topological polar surface area (TPSA) is 51.6 Å². The van der Waals surface area contributed by atoms with Gasteiger partial charge >= 0.3 is 0 Å². The van der Waals surface area contributed by atoms with Crippen molar-refractivity contribution in [3.63, 3.8) is 0 Å². The summed E-state index contributed by atoms with van der Waals surface area (Å²) in [6.45, 7) is 1.95. The first-order valence-corrected chi connectivity index (χ1v) is 6.93. The van der Waals surface area contributed by atoms with Gasteiger partial charge in [0.1, 0.15) is 5.15 Å². The van der Waals surface area contributed by atoms with E-state index in [4.69, 9.17) is 11.6 Å². The summed E-state index contributed by atoms with van der Waals surface area (Å²) < 4.78 is 0. The lowest BCUT2D eigenvalue weighted by molar-refractivity contribution is 0.694. The van der Waals surface area contributed by atoms with E-state index in [1.165, 1.54) is 25.7 Å².